The average Bonchev–Trinajstić information content (AvgIpc) is 3.13. The van der Waals surface area contributed by atoms with Crippen LogP contribution >= 0.6 is 11.6 Å². The van der Waals surface area contributed by atoms with Crippen LogP contribution in [-0.4, -0.2) is 36.4 Å². The summed E-state index contributed by atoms with van der Waals surface area (Å²) in [6.07, 6.45) is 1.66. The molecule has 0 spiro atoms. The molecule has 1 N–H and O–H groups in total. The van der Waals surface area contributed by atoms with Gasteiger partial charge in [-0.15, -0.1) is 0 Å². The second kappa shape index (κ2) is 11.8. The van der Waals surface area contributed by atoms with Crippen LogP contribution in [-0.2, 0) is 25.7 Å². The second-order valence-corrected chi connectivity index (χ2v) is 9.24. The molecule has 0 atom stereocenters. The Morgan fingerprint density at radius 1 is 1.00 bits per heavy atom. The van der Waals surface area contributed by atoms with Crippen molar-refractivity contribution in [3.63, 3.8) is 0 Å². The molecule has 8 heteroatoms. The molecule has 0 saturated heterocycles. The number of hydrogen-bond acceptors (Lipinski definition) is 5. The zero-order valence-electron chi connectivity index (χ0n) is 21.3. The zero-order chi connectivity index (χ0) is 27.2. The lowest BCUT2D eigenvalue weighted by Gasteiger charge is -2.18. The van der Waals surface area contributed by atoms with Crippen LogP contribution in [0.25, 0.3) is 6.08 Å². The zero-order valence-corrected chi connectivity index (χ0v) is 22.0. The number of amides is 2. The monoisotopic (exact) mass is 530 g/mol. The molecule has 0 unspecified atom stereocenters. The summed E-state index contributed by atoms with van der Waals surface area (Å²) in [5.74, 6) is -0.695. The van der Waals surface area contributed by atoms with Crippen LogP contribution in [0.5, 0.6) is 5.75 Å². The Labute approximate surface area is 226 Å². The van der Waals surface area contributed by atoms with Gasteiger partial charge in [0.25, 0.3) is 11.8 Å². The maximum atomic E-state index is 13.4. The molecule has 0 fully saturated rings. The van der Waals surface area contributed by atoms with Gasteiger partial charge >= 0.3 is 5.97 Å². The number of esters is 1. The minimum Gasteiger partial charge on any atom is -0.484 e. The third-order valence-electron chi connectivity index (χ3n) is 6.03. The fourth-order valence-corrected chi connectivity index (χ4v) is 4.22. The van der Waals surface area contributed by atoms with E-state index in [4.69, 9.17) is 21.1 Å². The Kier molecular flexibility index (Phi) is 8.28. The van der Waals surface area contributed by atoms with Crippen LogP contribution in [0.1, 0.15) is 23.6 Å². The highest BCUT2D eigenvalue weighted by Crippen LogP contribution is 2.33. The predicted molar refractivity (Wildman–Crippen MR) is 146 cm³/mol. The first-order valence-electron chi connectivity index (χ1n) is 11.9. The van der Waals surface area contributed by atoms with Crippen molar-refractivity contribution >= 4 is 41.1 Å². The van der Waals surface area contributed by atoms with E-state index in [-0.39, 0.29) is 29.6 Å². The van der Waals surface area contributed by atoms with Gasteiger partial charge in [-0.3, -0.25) is 9.59 Å². The molecule has 2 amide bonds. The van der Waals surface area contributed by atoms with Gasteiger partial charge in [-0.2, -0.15) is 0 Å². The van der Waals surface area contributed by atoms with Crippen LogP contribution in [0.3, 0.4) is 0 Å². The van der Waals surface area contributed by atoms with E-state index in [2.05, 4.69) is 5.32 Å². The Morgan fingerprint density at radius 2 is 1.71 bits per heavy atom. The lowest BCUT2D eigenvalue weighted by Crippen LogP contribution is -2.24. The molecule has 0 saturated carbocycles. The van der Waals surface area contributed by atoms with Crippen LogP contribution in [0.15, 0.2) is 89.6 Å². The molecule has 0 aliphatic carbocycles. The molecule has 3 aromatic rings. The number of ether oxygens (including phenoxy) is 2. The standard InChI is InChI=1S/C30H27ClN2O5/c1-19-7-9-22(10-8-19)17-33-20(2)28(30(36)37-3)26(29(33)35)15-21-11-13-25(14-12-21)38-18-27(34)32-24-6-4-5-23(31)16-24/h4-16H,17-18H2,1-3H3,(H,32,34)/b26-15-. The van der Waals surface area contributed by atoms with Crippen molar-refractivity contribution in [3.8, 4) is 5.75 Å². The first-order chi connectivity index (χ1) is 18.2. The second-order valence-electron chi connectivity index (χ2n) is 8.80. The molecular weight excluding hydrogens is 504 g/mol. The molecule has 1 aliphatic rings. The van der Waals surface area contributed by atoms with Gasteiger partial charge in [0.15, 0.2) is 6.61 Å². The van der Waals surface area contributed by atoms with Crippen molar-refractivity contribution in [3.05, 3.63) is 111 Å². The highest BCUT2D eigenvalue weighted by molar-refractivity contribution is 6.30. The van der Waals surface area contributed by atoms with Crippen LogP contribution < -0.4 is 10.1 Å². The van der Waals surface area contributed by atoms with E-state index < -0.39 is 5.97 Å². The number of carbonyl (C=O) groups excluding carboxylic acids is 3. The number of carbonyl (C=O) groups is 3. The molecular formula is C30H27ClN2O5. The quantitative estimate of drug-likeness (QED) is 0.305. The molecule has 3 aromatic carbocycles. The number of methoxy groups -OCH3 is 1. The number of nitrogens with zero attached hydrogens (tertiary/aromatic N) is 1. The summed E-state index contributed by atoms with van der Waals surface area (Å²) >= 11 is 5.94. The minimum atomic E-state index is -0.570. The maximum Gasteiger partial charge on any atom is 0.340 e. The van der Waals surface area contributed by atoms with Crippen molar-refractivity contribution in [2.45, 2.75) is 20.4 Å². The van der Waals surface area contributed by atoms with Gasteiger partial charge in [0, 0.05) is 16.4 Å². The molecule has 4 rings (SSSR count). The van der Waals surface area contributed by atoms with E-state index in [1.165, 1.54) is 7.11 Å². The van der Waals surface area contributed by atoms with E-state index in [9.17, 15) is 14.4 Å². The maximum absolute atomic E-state index is 13.4. The minimum absolute atomic E-state index is 0.187. The third kappa shape index (κ3) is 6.30. The lowest BCUT2D eigenvalue weighted by atomic mass is 10.0. The number of halogens is 1. The topological polar surface area (TPSA) is 84.9 Å². The number of benzene rings is 3. The van der Waals surface area contributed by atoms with Gasteiger partial charge in [0.1, 0.15) is 5.75 Å². The van der Waals surface area contributed by atoms with E-state index in [1.54, 1.807) is 66.4 Å². The van der Waals surface area contributed by atoms with Gasteiger partial charge in [0.2, 0.25) is 0 Å². The molecule has 0 aromatic heterocycles. The summed E-state index contributed by atoms with van der Waals surface area (Å²) in [5.41, 5.74) is 4.39. The smallest absolute Gasteiger partial charge is 0.340 e. The first kappa shape index (κ1) is 26.7. The molecule has 38 heavy (non-hydrogen) atoms. The van der Waals surface area contributed by atoms with E-state index in [1.807, 2.05) is 31.2 Å². The van der Waals surface area contributed by atoms with Crippen LogP contribution in [0.4, 0.5) is 5.69 Å². The largest absolute Gasteiger partial charge is 0.484 e. The summed E-state index contributed by atoms with van der Waals surface area (Å²) in [5, 5.41) is 3.24. The highest BCUT2D eigenvalue weighted by atomic mass is 35.5. The number of anilines is 1. The Hall–Kier alpha value is -4.36. The molecule has 1 heterocycles. The molecule has 7 nitrogen and oxygen atoms in total. The summed E-state index contributed by atoms with van der Waals surface area (Å²) in [6.45, 7) is 3.89. The Morgan fingerprint density at radius 3 is 2.37 bits per heavy atom. The van der Waals surface area contributed by atoms with E-state index in [0.29, 0.717) is 34.3 Å². The van der Waals surface area contributed by atoms with Crippen LogP contribution in [0, 0.1) is 6.92 Å². The molecule has 1 aliphatic heterocycles. The van der Waals surface area contributed by atoms with Gasteiger partial charge in [-0.05, 0) is 61.4 Å². The molecule has 0 radical (unpaired) electrons. The van der Waals surface area contributed by atoms with Crippen molar-refractivity contribution in [2.24, 2.45) is 0 Å². The Bertz CT molecular complexity index is 1430. The number of hydrogen-bond donors (Lipinski definition) is 1. The fraction of sp³-hybridized carbons (Fsp3) is 0.167. The number of allylic oxidation sites excluding steroid dienone is 1. The molecule has 194 valence electrons. The van der Waals surface area contributed by atoms with Gasteiger partial charge < -0.3 is 19.7 Å². The van der Waals surface area contributed by atoms with Crippen LogP contribution in [0.2, 0.25) is 5.02 Å². The lowest BCUT2D eigenvalue weighted by molar-refractivity contribution is -0.136. The van der Waals surface area contributed by atoms with E-state index in [0.717, 1.165) is 11.1 Å². The summed E-state index contributed by atoms with van der Waals surface area (Å²) in [7, 11) is 1.29. The number of rotatable bonds is 8. The van der Waals surface area contributed by atoms with E-state index >= 15 is 0 Å². The summed E-state index contributed by atoms with van der Waals surface area (Å²) in [4.78, 5) is 39.7. The van der Waals surface area contributed by atoms with Gasteiger partial charge in [0.05, 0.1) is 24.8 Å². The van der Waals surface area contributed by atoms with Crippen molar-refractivity contribution in [1.82, 2.24) is 4.90 Å². The third-order valence-corrected chi connectivity index (χ3v) is 6.27. The Balaban J connectivity index is 1.47. The summed E-state index contributed by atoms with van der Waals surface area (Å²) < 4.78 is 10.6. The van der Waals surface area contributed by atoms with Gasteiger partial charge in [-0.1, -0.05) is 59.6 Å². The normalized spacial score (nSPS) is 14.2. The first-order valence-corrected chi connectivity index (χ1v) is 12.3. The highest BCUT2D eigenvalue weighted by Gasteiger charge is 2.36. The summed E-state index contributed by atoms with van der Waals surface area (Å²) in [6, 6.07) is 21.6. The SMILES string of the molecule is COC(=O)C1=C(C)N(Cc2ccc(C)cc2)C(=O)/C1=C\c1ccc(OCC(=O)Nc2cccc(Cl)c2)cc1. The fourth-order valence-electron chi connectivity index (χ4n) is 4.03. The van der Waals surface area contributed by atoms with Crippen molar-refractivity contribution in [1.29, 1.82) is 0 Å². The number of aryl methyl sites for hydroxylation is 1. The predicted octanol–water partition coefficient (Wildman–Crippen LogP) is 5.54. The van der Waals surface area contributed by atoms with Crippen molar-refractivity contribution < 1.29 is 23.9 Å². The van der Waals surface area contributed by atoms with Gasteiger partial charge in [-0.25, -0.2) is 4.79 Å². The number of nitrogens with one attached hydrogen (secondary N) is 1. The van der Waals surface area contributed by atoms with Crippen molar-refractivity contribution in [2.75, 3.05) is 19.0 Å². The average molecular weight is 531 g/mol. The molecule has 0 bridgehead atoms.